The summed E-state index contributed by atoms with van der Waals surface area (Å²) >= 11 is 6.21. The van der Waals surface area contributed by atoms with Crippen molar-refractivity contribution in [3.63, 3.8) is 0 Å². The average molecular weight is 330 g/mol. The lowest BCUT2D eigenvalue weighted by Gasteiger charge is -2.24. The van der Waals surface area contributed by atoms with Gasteiger partial charge in [0.25, 0.3) is 5.91 Å². The Kier molecular flexibility index (Phi) is 4.09. The summed E-state index contributed by atoms with van der Waals surface area (Å²) in [4.78, 5) is 24.5. The number of fused-ring (bicyclic) bond motifs is 1. The molecule has 0 saturated heterocycles. The molecule has 0 aromatic heterocycles. The topological polar surface area (TPSA) is 55.4 Å². The Hall–Kier alpha value is -2.33. The highest BCUT2D eigenvalue weighted by Gasteiger charge is 2.31. The Balaban J connectivity index is 1.82. The third-order valence-electron chi connectivity index (χ3n) is 3.86. The summed E-state index contributed by atoms with van der Waals surface area (Å²) in [5.74, 6) is -0.847. The number of esters is 1. The lowest BCUT2D eigenvalue weighted by molar-refractivity contribution is -0.125. The predicted octanol–water partition coefficient (Wildman–Crippen LogP) is 3.68. The molecule has 1 aliphatic heterocycles. The van der Waals surface area contributed by atoms with Crippen LogP contribution in [0.3, 0.4) is 0 Å². The van der Waals surface area contributed by atoms with E-state index < -0.39 is 12.1 Å². The third-order valence-corrected chi connectivity index (χ3v) is 4.16. The number of anilines is 1. The van der Waals surface area contributed by atoms with Gasteiger partial charge in [0.15, 0.2) is 6.10 Å². The van der Waals surface area contributed by atoms with E-state index in [1.165, 1.54) is 0 Å². The van der Waals surface area contributed by atoms with Gasteiger partial charge in [0, 0.05) is 6.42 Å². The lowest BCUT2D eigenvalue weighted by Crippen LogP contribution is -2.38. The van der Waals surface area contributed by atoms with Crippen LogP contribution in [0.25, 0.3) is 0 Å². The number of aryl methyl sites for hydroxylation is 2. The van der Waals surface area contributed by atoms with Crippen molar-refractivity contribution in [2.24, 2.45) is 0 Å². The van der Waals surface area contributed by atoms with Crippen LogP contribution >= 0.6 is 11.6 Å². The molecule has 1 atom stereocenters. The normalized spacial score (nSPS) is 16.5. The minimum atomic E-state index is -0.853. The van der Waals surface area contributed by atoms with Gasteiger partial charge in [-0.1, -0.05) is 35.9 Å². The fraction of sp³-hybridized carbons (Fsp3) is 0.222. The summed E-state index contributed by atoms with van der Waals surface area (Å²) in [6, 6.07) is 10.9. The molecule has 5 heteroatoms. The van der Waals surface area contributed by atoms with Gasteiger partial charge < -0.3 is 10.1 Å². The van der Waals surface area contributed by atoms with E-state index in [1.807, 2.05) is 32.0 Å². The zero-order valence-corrected chi connectivity index (χ0v) is 13.6. The van der Waals surface area contributed by atoms with Gasteiger partial charge in [-0.25, -0.2) is 4.79 Å². The van der Waals surface area contributed by atoms with Crippen molar-refractivity contribution in [2.75, 3.05) is 5.32 Å². The van der Waals surface area contributed by atoms with Crippen LogP contribution in [0.5, 0.6) is 0 Å². The summed E-state index contributed by atoms with van der Waals surface area (Å²) in [5, 5.41) is 3.25. The molecule has 1 N–H and O–H groups in total. The summed E-state index contributed by atoms with van der Waals surface area (Å²) in [5.41, 5.74) is 3.77. The number of carbonyl (C=O) groups is 2. The van der Waals surface area contributed by atoms with E-state index in [1.54, 1.807) is 18.2 Å². The quantitative estimate of drug-likeness (QED) is 0.855. The molecule has 2 aromatic rings. The van der Waals surface area contributed by atoms with E-state index >= 15 is 0 Å². The fourth-order valence-electron chi connectivity index (χ4n) is 2.76. The van der Waals surface area contributed by atoms with Crippen molar-refractivity contribution in [2.45, 2.75) is 26.4 Å². The van der Waals surface area contributed by atoms with Crippen molar-refractivity contribution < 1.29 is 14.3 Å². The van der Waals surface area contributed by atoms with Gasteiger partial charge in [-0.2, -0.15) is 0 Å². The molecule has 0 unspecified atom stereocenters. The van der Waals surface area contributed by atoms with Gasteiger partial charge in [-0.15, -0.1) is 0 Å². The summed E-state index contributed by atoms with van der Waals surface area (Å²) in [7, 11) is 0. The first-order chi connectivity index (χ1) is 11.0. The van der Waals surface area contributed by atoms with E-state index in [4.69, 9.17) is 16.3 Å². The number of hydrogen-bond acceptors (Lipinski definition) is 3. The van der Waals surface area contributed by atoms with Crippen LogP contribution < -0.4 is 5.32 Å². The Bertz CT molecular complexity index is 778. The highest BCUT2D eigenvalue weighted by atomic mass is 35.5. The van der Waals surface area contributed by atoms with E-state index in [0.29, 0.717) is 22.7 Å². The van der Waals surface area contributed by atoms with E-state index in [0.717, 1.165) is 16.7 Å². The molecule has 118 valence electrons. The Labute approximate surface area is 139 Å². The fourth-order valence-corrected chi connectivity index (χ4v) is 3.12. The molecule has 0 spiro atoms. The molecule has 23 heavy (non-hydrogen) atoms. The average Bonchev–Trinajstić information content (AvgIpc) is 2.50. The second-order valence-electron chi connectivity index (χ2n) is 5.68. The Morgan fingerprint density at radius 2 is 2.00 bits per heavy atom. The van der Waals surface area contributed by atoms with Gasteiger partial charge in [-0.05, 0) is 42.7 Å². The number of cyclic esters (lactones) is 1. The van der Waals surface area contributed by atoms with Crippen LogP contribution in [-0.4, -0.2) is 18.0 Å². The van der Waals surface area contributed by atoms with Crippen LogP contribution in [0.1, 0.15) is 27.0 Å². The summed E-state index contributed by atoms with van der Waals surface area (Å²) in [6.45, 7) is 3.81. The molecule has 0 saturated carbocycles. The van der Waals surface area contributed by atoms with Gasteiger partial charge in [0.05, 0.1) is 16.3 Å². The van der Waals surface area contributed by atoms with Crippen LogP contribution in [0.4, 0.5) is 5.69 Å². The molecule has 0 bridgehead atoms. The van der Waals surface area contributed by atoms with Crippen molar-refractivity contribution in [1.29, 1.82) is 0 Å². The second kappa shape index (κ2) is 6.05. The van der Waals surface area contributed by atoms with Gasteiger partial charge in [0.2, 0.25) is 0 Å². The first kappa shape index (κ1) is 15.6. The largest absolute Gasteiger partial charge is 0.448 e. The number of amides is 1. The number of nitrogens with one attached hydrogen (secondary N) is 1. The van der Waals surface area contributed by atoms with Gasteiger partial charge in [0.1, 0.15) is 0 Å². The molecule has 1 aliphatic rings. The predicted molar refractivity (Wildman–Crippen MR) is 88.9 cm³/mol. The lowest BCUT2D eigenvalue weighted by atomic mass is 9.98. The molecule has 1 amide bonds. The minimum absolute atomic E-state index is 0.357. The molecular weight excluding hydrogens is 314 g/mol. The summed E-state index contributed by atoms with van der Waals surface area (Å²) in [6.07, 6.45) is -0.495. The first-order valence-corrected chi connectivity index (χ1v) is 7.70. The minimum Gasteiger partial charge on any atom is -0.448 e. The molecule has 0 fully saturated rings. The number of halogens is 1. The van der Waals surface area contributed by atoms with Crippen LogP contribution in [0.2, 0.25) is 5.02 Å². The maximum Gasteiger partial charge on any atom is 0.339 e. The molecular formula is C18H16ClNO3. The standard InChI is InChI=1S/C18H16ClNO3/c1-10-7-11(2)16(14(19)8-10)20-17(21)15-9-12-5-3-4-6-13(12)18(22)23-15/h3-8,15H,9H2,1-2H3,(H,20,21)/t15-/m0/s1. The van der Waals surface area contributed by atoms with Crippen molar-refractivity contribution >= 4 is 29.2 Å². The van der Waals surface area contributed by atoms with Crippen LogP contribution in [0.15, 0.2) is 36.4 Å². The third kappa shape index (κ3) is 3.08. The molecule has 3 rings (SSSR count). The van der Waals surface area contributed by atoms with E-state index in [9.17, 15) is 9.59 Å². The maximum absolute atomic E-state index is 12.5. The van der Waals surface area contributed by atoms with Crippen molar-refractivity contribution in [1.82, 2.24) is 0 Å². The molecule has 4 nitrogen and oxygen atoms in total. The molecule has 0 radical (unpaired) electrons. The zero-order chi connectivity index (χ0) is 16.6. The smallest absolute Gasteiger partial charge is 0.339 e. The Morgan fingerprint density at radius 3 is 2.74 bits per heavy atom. The number of hydrogen-bond donors (Lipinski definition) is 1. The van der Waals surface area contributed by atoms with E-state index in [-0.39, 0.29) is 5.91 Å². The van der Waals surface area contributed by atoms with Gasteiger partial charge in [-0.3, -0.25) is 4.79 Å². The van der Waals surface area contributed by atoms with Crippen LogP contribution in [0, 0.1) is 13.8 Å². The van der Waals surface area contributed by atoms with Crippen LogP contribution in [-0.2, 0) is 16.0 Å². The number of ether oxygens (including phenoxy) is 1. The van der Waals surface area contributed by atoms with E-state index in [2.05, 4.69) is 5.32 Å². The van der Waals surface area contributed by atoms with Crippen molar-refractivity contribution in [3.8, 4) is 0 Å². The molecule has 2 aromatic carbocycles. The summed E-state index contributed by atoms with van der Waals surface area (Å²) < 4.78 is 5.26. The molecule has 0 aliphatic carbocycles. The SMILES string of the molecule is Cc1cc(C)c(NC(=O)[C@@H]2Cc3ccccc3C(=O)O2)c(Cl)c1. The zero-order valence-electron chi connectivity index (χ0n) is 12.9. The number of rotatable bonds is 2. The monoisotopic (exact) mass is 329 g/mol. The van der Waals surface area contributed by atoms with Gasteiger partial charge >= 0.3 is 5.97 Å². The highest BCUT2D eigenvalue weighted by molar-refractivity contribution is 6.34. The highest BCUT2D eigenvalue weighted by Crippen LogP contribution is 2.28. The first-order valence-electron chi connectivity index (χ1n) is 7.32. The van der Waals surface area contributed by atoms with Crippen molar-refractivity contribution in [3.05, 3.63) is 63.7 Å². The number of benzene rings is 2. The molecule has 1 heterocycles. The number of carbonyl (C=O) groups excluding carboxylic acids is 2. The Morgan fingerprint density at radius 1 is 1.26 bits per heavy atom. The maximum atomic E-state index is 12.5. The second-order valence-corrected chi connectivity index (χ2v) is 6.09.